The van der Waals surface area contributed by atoms with E-state index >= 15 is 0 Å². The summed E-state index contributed by atoms with van der Waals surface area (Å²) in [6.07, 6.45) is 0.620. The van der Waals surface area contributed by atoms with Crippen molar-refractivity contribution in [2.75, 3.05) is 0 Å². The molecule has 22 heavy (non-hydrogen) atoms. The Kier molecular flexibility index (Phi) is 5.16. The van der Waals surface area contributed by atoms with Crippen LogP contribution >= 0.6 is 11.8 Å². The molecule has 0 aliphatic carbocycles. The first-order chi connectivity index (χ1) is 10.5. The number of nitrogens with two attached hydrogens (primary N) is 1. The number of ether oxygens (including phenoxy) is 1. The maximum atomic E-state index is 12.1. The molecule has 0 saturated carbocycles. The molecule has 1 aromatic carbocycles. The normalized spacial score (nSPS) is 11.7. The van der Waals surface area contributed by atoms with Gasteiger partial charge in [0, 0.05) is 11.1 Å². The quantitative estimate of drug-likeness (QED) is 0.857. The van der Waals surface area contributed by atoms with Crippen molar-refractivity contribution in [1.29, 1.82) is 0 Å². The summed E-state index contributed by atoms with van der Waals surface area (Å²) in [4.78, 5) is 28.3. The van der Waals surface area contributed by atoms with Crippen LogP contribution in [0.5, 0.6) is 0 Å². The number of carbonyl (C=O) groups is 2. The highest BCUT2D eigenvalue weighted by atomic mass is 32.2. The number of amides is 1. The summed E-state index contributed by atoms with van der Waals surface area (Å²) in [7, 11) is 0. The van der Waals surface area contributed by atoms with Crippen molar-refractivity contribution in [2.24, 2.45) is 5.73 Å². The Morgan fingerprint density at radius 2 is 1.91 bits per heavy atom. The zero-order valence-electron chi connectivity index (χ0n) is 12.3. The van der Waals surface area contributed by atoms with Gasteiger partial charge in [0.1, 0.15) is 5.03 Å². The SMILES string of the molecule is Cc1ccc(Sc2ncccc2C(=O)O[C@@H](C)C(N)=O)cc1. The van der Waals surface area contributed by atoms with Crippen molar-refractivity contribution in [3.05, 3.63) is 53.7 Å². The molecule has 2 aromatic rings. The van der Waals surface area contributed by atoms with Gasteiger partial charge < -0.3 is 10.5 Å². The highest BCUT2D eigenvalue weighted by Crippen LogP contribution is 2.29. The maximum Gasteiger partial charge on any atom is 0.341 e. The molecule has 0 saturated heterocycles. The van der Waals surface area contributed by atoms with E-state index in [1.54, 1.807) is 18.3 Å². The molecule has 1 aromatic heterocycles. The Morgan fingerprint density at radius 3 is 2.55 bits per heavy atom. The first-order valence-electron chi connectivity index (χ1n) is 6.67. The molecular formula is C16H16N2O3S. The average Bonchev–Trinajstić information content (AvgIpc) is 2.50. The molecule has 0 unspecified atom stereocenters. The van der Waals surface area contributed by atoms with Crippen LogP contribution in [0.15, 0.2) is 52.5 Å². The summed E-state index contributed by atoms with van der Waals surface area (Å²) < 4.78 is 5.03. The zero-order chi connectivity index (χ0) is 16.1. The van der Waals surface area contributed by atoms with Gasteiger partial charge in [-0.15, -0.1) is 0 Å². The van der Waals surface area contributed by atoms with E-state index in [4.69, 9.17) is 10.5 Å². The molecule has 1 heterocycles. The average molecular weight is 316 g/mol. The van der Waals surface area contributed by atoms with Crippen LogP contribution in [0.3, 0.4) is 0 Å². The second-order valence-electron chi connectivity index (χ2n) is 4.72. The highest BCUT2D eigenvalue weighted by Gasteiger charge is 2.19. The number of aromatic nitrogens is 1. The summed E-state index contributed by atoms with van der Waals surface area (Å²) in [6.45, 7) is 3.44. The molecular weight excluding hydrogens is 300 g/mol. The van der Waals surface area contributed by atoms with Crippen molar-refractivity contribution in [2.45, 2.75) is 29.9 Å². The third-order valence-electron chi connectivity index (χ3n) is 2.91. The fraction of sp³-hybridized carbons (Fsp3) is 0.188. The molecule has 1 amide bonds. The van der Waals surface area contributed by atoms with E-state index < -0.39 is 18.0 Å². The first kappa shape index (κ1) is 16.0. The number of benzene rings is 1. The first-order valence-corrected chi connectivity index (χ1v) is 7.49. The number of primary amides is 1. The maximum absolute atomic E-state index is 12.1. The highest BCUT2D eigenvalue weighted by molar-refractivity contribution is 7.99. The molecule has 114 valence electrons. The van der Waals surface area contributed by atoms with Crippen LogP contribution in [-0.2, 0) is 9.53 Å². The van der Waals surface area contributed by atoms with Gasteiger partial charge in [0.2, 0.25) is 0 Å². The molecule has 0 bridgehead atoms. The smallest absolute Gasteiger partial charge is 0.341 e. The number of hydrogen-bond donors (Lipinski definition) is 1. The molecule has 1 atom stereocenters. The van der Waals surface area contributed by atoms with Crippen LogP contribution in [0.1, 0.15) is 22.8 Å². The molecule has 0 spiro atoms. The Morgan fingerprint density at radius 1 is 1.23 bits per heavy atom. The van der Waals surface area contributed by atoms with E-state index in [-0.39, 0.29) is 0 Å². The molecule has 5 nitrogen and oxygen atoms in total. The van der Waals surface area contributed by atoms with Crippen molar-refractivity contribution in [3.8, 4) is 0 Å². The van der Waals surface area contributed by atoms with Gasteiger partial charge in [-0.05, 0) is 38.1 Å². The second kappa shape index (κ2) is 7.09. The summed E-state index contributed by atoms with van der Waals surface area (Å²) >= 11 is 1.36. The lowest BCUT2D eigenvalue weighted by molar-refractivity contribution is -0.125. The Hall–Kier alpha value is -2.34. The third kappa shape index (κ3) is 4.08. The largest absolute Gasteiger partial charge is 0.449 e. The molecule has 0 aliphatic rings. The lowest BCUT2D eigenvalue weighted by Gasteiger charge is -2.11. The van der Waals surface area contributed by atoms with E-state index in [1.807, 2.05) is 31.2 Å². The van der Waals surface area contributed by atoms with Gasteiger partial charge in [0.25, 0.3) is 5.91 Å². The summed E-state index contributed by atoms with van der Waals surface area (Å²) in [5.41, 5.74) is 6.56. The number of carbonyl (C=O) groups excluding carboxylic acids is 2. The Labute approximate surface area is 132 Å². The van der Waals surface area contributed by atoms with Crippen LogP contribution in [0.2, 0.25) is 0 Å². The van der Waals surface area contributed by atoms with E-state index in [9.17, 15) is 9.59 Å². The van der Waals surface area contributed by atoms with Crippen molar-refractivity contribution < 1.29 is 14.3 Å². The molecule has 0 radical (unpaired) electrons. The van der Waals surface area contributed by atoms with E-state index in [0.29, 0.717) is 10.6 Å². The van der Waals surface area contributed by atoms with Gasteiger partial charge in [0.05, 0.1) is 5.56 Å². The molecule has 0 aliphatic heterocycles. The predicted octanol–water partition coefficient (Wildman–Crippen LogP) is 2.57. The number of pyridine rings is 1. The minimum absolute atomic E-state index is 0.307. The summed E-state index contributed by atoms with van der Waals surface area (Å²) in [6, 6.07) is 11.1. The van der Waals surface area contributed by atoms with Gasteiger partial charge >= 0.3 is 5.97 Å². The Bertz CT molecular complexity index is 686. The predicted molar refractivity (Wildman–Crippen MR) is 83.6 cm³/mol. The number of nitrogens with zero attached hydrogens (tertiary/aromatic N) is 1. The third-order valence-corrected chi connectivity index (χ3v) is 3.94. The second-order valence-corrected chi connectivity index (χ2v) is 5.78. The standard InChI is InChI=1S/C16H16N2O3S/c1-10-5-7-12(8-6-10)22-15-13(4-3-9-18-15)16(20)21-11(2)14(17)19/h3-9,11H,1-2H3,(H2,17,19)/t11-/m0/s1. The molecule has 0 fully saturated rings. The van der Waals surface area contributed by atoms with Crippen LogP contribution in [0.4, 0.5) is 0 Å². The van der Waals surface area contributed by atoms with E-state index in [1.165, 1.54) is 18.7 Å². The topological polar surface area (TPSA) is 82.3 Å². The van der Waals surface area contributed by atoms with Crippen LogP contribution in [0, 0.1) is 6.92 Å². The van der Waals surface area contributed by atoms with Crippen molar-refractivity contribution in [3.63, 3.8) is 0 Å². The van der Waals surface area contributed by atoms with Crippen LogP contribution in [0.25, 0.3) is 0 Å². The van der Waals surface area contributed by atoms with Crippen LogP contribution < -0.4 is 5.73 Å². The minimum Gasteiger partial charge on any atom is -0.449 e. The van der Waals surface area contributed by atoms with Gasteiger partial charge in [-0.2, -0.15) is 0 Å². The van der Waals surface area contributed by atoms with Gasteiger partial charge in [0.15, 0.2) is 6.10 Å². The van der Waals surface area contributed by atoms with E-state index in [2.05, 4.69) is 4.98 Å². The lowest BCUT2D eigenvalue weighted by atomic mass is 10.2. The molecule has 2 N–H and O–H groups in total. The summed E-state index contributed by atoms with van der Waals surface area (Å²) in [5.74, 6) is -1.31. The number of rotatable bonds is 5. The fourth-order valence-electron chi connectivity index (χ4n) is 1.63. The number of esters is 1. The lowest BCUT2D eigenvalue weighted by Crippen LogP contribution is -2.30. The molecule has 2 rings (SSSR count). The van der Waals surface area contributed by atoms with Gasteiger partial charge in [-0.3, -0.25) is 4.79 Å². The van der Waals surface area contributed by atoms with Crippen molar-refractivity contribution in [1.82, 2.24) is 4.98 Å². The van der Waals surface area contributed by atoms with E-state index in [0.717, 1.165) is 10.5 Å². The minimum atomic E-state index is -0.982. The summed E-state index contributed by atoms with van der Waals surface area (Å²) in [5, 5.41) is 0.521. The van der Waals surface area contributed by atoms with Gasteiger partial charge in [-0.1, -0.05) is 29.5 Å². The molecule has 6 heteroatoms. The number of aryl methyl sites for hydroxylation is 1. The zero-order valence-corrected chi connectivity index (χ0v) is 13.1. The monoisotopic (exact) mass is 316 g/mol. The van der Waals surface area contributed by atoms with Gasteiger partial charge in [-0.25, -0.2) is 9.78 Å². The van der Waals surface area contributed by atoms with Crippen molar-refractivity contribution >= 4 is 23.6 Å². The van der Waals surface area contributed by atoms with Crippen LogP contribution in [-0.4, -0.2) is 23.0 Å². The Balaban J connectivity index is 2.21. The number of hydrogen-bond acceptors (Lipinski definition) is 5. The fourth-order valence-corrected chi connectivity index (χ4v) is 2.50.